The number of hydroxylamine groups is 2. The van der Waals surface area contributed by atoms with Gasteiger partial charge in [-0.05, 0) is 27.7 Å². The molecule has 0 bridgehead atoms. The molecule has 0 aromatic heterocycles. The van der Waals surface area contributed by atoms with Crippen molar-refractivity contribution >= 4 is 5.97 Å². The number of carbonyl (C=O) groups excluding carboxylic acids is 1. The number of rotatable bonds is 3. The van der Waals surface area contributed by atoms with Crippen LogP contribution in [0.2, 0.25) is 0 Å². The highest BCUT2D eigenvalue weighted by molar-refractivity contribution is 5.75. The minimum absolute atomic E-state index is 0.382. The molecule has 0 aromatic carbocycles. The van der Waals surface area contributed by atoms with Crippen molar-refractivity contribution in [2.45, 2.75) is 38.8 Å². The first kappa shape index (κ1) is 14.8. The SMILES string of the molecule is COC(=O)[C@@H]1[C@@H](C[N+](=O)[O-])C(C)(C)N(O)C1(C)C. The summed E-state index contributed by atoms with van der Waals surface area (Å²) in [5, 5.41) is 22.0. The fraction of sp³-hybridized carbons (Fsp3) is 0.909. The van der Waals surface area contributed by atoms with Crippen LogP contribution in [0.25, 0.3) is 0 Å². The standard InChI is InChI=1S/C11H20N2O5/c1-10(2)7(6-12(15)16)8(9(14)18-5)11(3,4)13(10)17/h7-8,17H,6H2,1-5H3/t7-,8+/m1/s1. The summed E-state index contributed by atoms with van der Waals surface area (Å²) in [4.78, 5) is 22.2. The zero-order valence-corrected chi connectivity index (χ0v) is 11.3. The van der Waals surface area contributed by atoms with Crippen LogP contribution in [0.1, 0.15) is 27.7 Å². The number of ether oxygens (including phenoxy) is 1. The van der Waals surface area contributed by atoms with E-state index >= 15 is 0 Å². The lowest BCUT2D eigenvalue weighted by molar-refractivity contribution is -0.491. The Labute approximate surface area is 106 Å². The van der Waals surface area contributed by atoms with Gasteiger partial charge in [-0.3, -0.25) is 14.9 Å². The predicted molar refractivity (Wildman–Crippen MR) is 62.6 cm³/mol. The largest absolute Gasteiger partial charge is 0.469 e. The van der Waals surface area contributed by atoms with Crippen molar-refractivity contribution in [2.75, 3.05) is 13.7 Å². The van der Waals surface area contributed by atoms with Crippen molar-refractivity contribution in [3.63, 3.8) is 0 Å². The Kier molecular flexibility index (Phi) is 3.69. The molecule has 0 radical (unpaired) electrons. The quantitative estimate of drug-likeness (QED) is 0.461. The molecule has 7 heteroatoms. The molecule has 7 nitrogen and oxygen atoms in total. The minimum atomic E-state index is -0.905. The van der Waals surface area contributed by atoms with E-state index < -0.39 is 33.8 Å². The van der Waals surface area contributed by atoms with Crippen molar-refractivity contribution in [3.8, 4) is 0 Å². The molecule has 18 heavy (non-hydrogen) atoms. The average molecular weight is 260 g/mol. The summed E-state index contributed by atoms with van der Waals surface area (Å²) in [6.45, 7) is 6.34. The van der Waals surface area contributed by atoms with Gasteiger partial charge in [-0.15, -0.1) is 0 Å². The lowest BCUT2D eigenvalue weighted by Gasteiger charge is -2.35. The van der Waals surface area contributed by atoms with Gasteiger partial charge < -0.3 is 9.94 Å². The molecule has 1 saturated heterocycles. The third-order valence-electron chi connectivity index (χ3n) is 3.96. The number of carbonyl (C=O) groups is 1. The van der Waals surface area contributed by atoms with Crippen LogP contribution in [0.5, 0.6) is 0 Å². The Balaban J connectivity index is 3.23. The summed E-state index contributed by atoms with van der Waals surface area (Å²) < 4.78 is 4.72. The first-order chi connectivity index (χ1) is 8.06. The van der Waals surface area contributed by atoms with Crippen LogP contribution in [0.15, 0.2) is 0 Å². The normalized spacial score (nSPS) is 30.1. The van der Waals surface area contributed by atoms with Crippen molar-refractivity contribution in [1.82, 2.24) is 5.06 Å². The highest BCUT2D eigenvalue weighted by atomic mass is 16.6. The summed E-state index contributed by atoms with van der Waals surface area (Å²) >= 11 is 0. The summed E-state index contributed by atoms with van der Waals surface area (Å²) in [6, 6.07) is 0. The number of esters is 1. The minimum Gasteiger partial charge on any atom is -0.469 e. The maximum atomic E-state index is 11.9. The summed E-state index contributed by atoms with van der Waals surface area (Å²) in [5.41, 5.74) is -1.77. The molecule has 1 rings (SSSR count). The van der Waals surface area contributed by atoms with E-state index in [0.29, 0.717) is 0 Å². The summed E-state index contributed by atoms with van der Waals surface area (Å²) in [6.07, 6.45) is 0. The third-order valence-corrected chi connectivity index (χ3v) is 3.96. The van der Waals surface area contributed by atoms with Gasteiger partial charge in [0.1, 0.15) is 0 Å². The van der Waals surface area contributed by atoms with Crippen LogP contribution in [-0.4, -0.2) is 45.9 Å². The van der Waals surface area contributed by atoms with E-state index in [1.54, 1.807) is 27.7 Å². The molecule has 1 aliphatic rings. The second-order valence-electron chi connectivity index (χ2n) is 5.74. The first-order valence-corrected chi connectivity index (χ1v) is 5.75. The van der Waals surface area contributed by atoms with Crippen LogP contribution in [0, 0.1) is 22.0 Å². The molecule has 0 aromatic rings. The van der Waals surface area contributed by atoms with E-state index in [1.165, 1.54) is 7.11 Å². The van der Waals surface area contributed by atoms with E-state index in [9.17, 15) is 20.1 Å². The van der Waals surface area contributed by atoms with Crippen molar-refractivity contribution in [2.24, 2.45) is 11.8 Å². The third kappa shape index (κ3) is 2.08. The van der Waals surface area contributed by atoms with Crippen molar-refractivity contribution in [1.29, 1.82) is 0 Å². The Bertz CT molecular complexity index is 366. The second kappa shape index (κ2) is 4.47. The van der Waals surface area contributed by atoms with Crippen LogP contribution in [-0.2, 0) is 9.53 Å². The topological polar surface area (TPSA) is 92.9 Å². The van der Waals surface area contributed by atoms with E-state index in [4.69, 9.17) is 4.74 Å². The monoisotopic (exact) mass is 260 g/mol. The zero-order chi connectivity index (χ0) is 14.3. The fourth-order valence-electron chi connectivity index (χ4n) is 3.00. The predicted octanol–water partition coefficient (Wildman–Crippen LogP) is 0.930. The fourth-order valence-corrected chi connectivity index (χ4v) is 3.00. The molecule has 0 aliphatic carbocycles. The molecule has 0 saturated carbocycles. The van der Waals surface area contributed by atoms with Crippen LogP contribution < -0.4 is 0 Å². The first-order valence-electron chi connectivity index (χ1n) is 5.75. The molecule has 0 amide bonds. The number of methoxy groups -OCH3 is 1. The van der Waals surface area contributed by atoms with Gasteiger partial charge in [0.05, 0.1) is 30.0 Å². The molecular weight excluding hydrogens is 240 g/mol. The maximum Gasteiger partial charge on any atom is 0.311 e. The summed E-state index contributed by atoms with van der Waals surface area (Å²) in [5.74, 6) is -1.88. The Morgan fingerprint density at radius 2 is 1.89 bits per heavy atom. The highest BCUT2D eigenvalue weighted by Gasteiger charge is 2.63. The number of nitro groups is 1. The zero-order valence-electron chi connectivity index (χ0n) is 11.3. The van der Waals surface area contributed by atoms with Gasteiger partial charge >= 0.3 is 5.97 Å². The molecule has 1 aliphatic heterocycles. The van der Waals surface area contributed by atoms with E-state index in [0.717, 1.165) is 5.06 Å². The molecule has 1 fully saturated rings. The van der Waals surface area contributed by atoms with Gasteiger partial charge in [-0.2, -0.15) is 5.06 Å². The molecule has 0 spiro atoms. The average Bonchev–Trinajstić information content (AvgIpc) is 2.36. The van der Waals surface area contributed by atoms with E-state index in [2.05, 4.69) is 0 Å². The Morgan fingerprint density at radius 3 is 2.28 bits per heavy atom. The Morgan fingerprint density at radius 1 is 1.39 bits per heavy atom. The van der Waals surface area contributed by atoms with Gasteiger partial charge in [0, 0.05) is 4.92 Å². The van der Waals surface area contributed by atoms with Crippen LogP contribution >= 0.6 is 0 Å². The maximum absolute atomic E-state index is 11.9. The summed E-state index contributed by atoms with van der Waals surface area (Å²) in [7, 11) is 1.24. The van der Waals surface area contributed by atoms with Gasteiger partial charge in [0.25, 0.3) is 0 Å². The van der Waals surface area contributed by atoms with Gasteiger partial charge in [0.2, 0.25) is 6.54 Å². The molecule has 1 heterocycles. The lowest BCUT2D eigenvalue weighted by Crippen LogP contribution is -2.48. The van der Waals surface area contributed by atoms with E-state index in [-0.39, 0.29) is 6.54 Å². The van der Waals surface area contributed by atoms with Gasteiger partial charge in [0.15, 0.2) is 0 Å². The molecule has 0 unspecified atom stereocenters. The smallest absolute Gasteiger partial charge is 0.311 e. The van der Waals surface area contributed by atoms with Crippen LogP contribution in [0.3, 0.4) is 0 Å². The molecular formula is C11H20N2O5. The van der Waals surface area contributed by atoms with Crippen LogP contribution in [0.4, 0.5) is 0 Å². The molecule has 104 valence electrons. The Hall–Kier alpha value is -1.21. The number of hydrogen-bond donors (Lipinski definition) is 1. The second-order valence-corrected chi connectivity index (χ2v) is 5.74. The van der Waals surface area contributed by atoms with E-state index in [1.807, 2.05) is 0 Å². The molecule has 1 N–H and O–H groups in total. The van der Waals surface area contributed by atoms with Crippen molar-refractivity contribution < 1.29 is 19.7 Å². The van der Waals surface area contributed by atoms with Gasteiger partial charge in [-0.25, -0.2) is 0 Å². The van der Waals surface area contributed by atoms with Crippen molar-refractivity contribution in [3.05, 3.63) is 10.1 Å². The number of hydrogen-bond acceptors (Lipinski definition) is 6. The van der Waals surface area contributed by atoms with Gasteiger partial charge in [-0.1, -0.05) is 0 Å². The lowest BCUT2D eigenvalue weighted by atomic mass is 9.77. The molecule has 2 atom stereocenters. The highest BCUT2D eigenvalue weighted by Crippen LogP contribution is 2.48. The number of nitrogens with zero attached hydrogens (tertiary/aromatic N) is 2.